The van der Waals surface area contributed by atoms with Crippen molar-refractivity contribution in [2.24, 2.45) is 0 Å². The second-order valence-electron chi connectivity index (χ2n) is 3.22. The zero-order valence-electron chi connectivity index (χ0n) is 7.42. The molecule has 14 heavy (non-hydrogen) atoms. The van der Waals surface area contributed by atoms with Crippen LogP contribution in [0.2, 0.25) is 0 Å². The lowest BCUT2D eigenvalue weighted by molar-refractivity contribution is -0.141. The van der Waals surface area contributed by atoms with Gasteiger partial charge < -0.3 is 10.6 Å². The van der Waals surface area contributed by atoms with Crippen LogP contribution in [0.25, 0.3) is 0 Å². The van der Waals surface area contributed by atoms with E-state index in [0.717, 1.165) is 11.0 Å². The van der Waals surface area contributed by atoms with E-state index in [2.05, 4.69) is 0 Å². The van der Waals surface area contributed by atoms with E-state index in [0.29, 0.717) is 0 Å². The first kappa shape index (κ1) is 8.93. The van der Waals surface area contributed by atoms with Crippen LogP contribution < -0.4 is 10.6 Å². The van der Waals surface area contributed by atoms with Crippen LogP contribution in [0.5, 0.6) is 0 Å². The minimum atomic E-state index is -3.44. The van der Waals surface area contributed by atoms with Crippen molar-refractivity contribution in [3.05, 3.63) is 23.8 Å². The number of fused-ring (bicyclic) bond motifs is 1. The summed E-state index contributed by atoms with van der Waals surface area (Å²) in [5, 5.41) is 0. The van der Waals surface area contributed by atoms with E-state index < -0.39 is 11.8 Å². The van der Waals surface area contributed by atoms with Gasteiger partial charge in [0.2, 0.25) is 0 Å². The molecule has 0 atom stereocenters. The fourth-order valence-electron chi connectivity index (χ4n) is 1.53. The first-order valence-electron chi connectivity index (χ1n) is 4.00. The molecule has 2 rings (SSSR count). The first-order valence-corrected chi connectivity index (χ1v) is 4.00. The molecule has 0 bridgehead atoms. The van der Waals surface area contributed by atoms with E-state index in [9.17, 15) is 13.6 Å². The topological polar surface area (TPSA) is 46.3 Å². The summed E-state index contributed by atoms with van der Waals surface area (Å²) in [7, 11) is 1.32. The number of halogens is 2. The molecule has 2 N–H and O–H groups in total. The van der Waals surface area contributed by atoms with Crippen LogP contribution in [0.3, 0.4) is 0 Å². The predicted molar refractivity (Wildman–Crippen MR) is 48.2 cm³/mol. The zero-order chi connectivity index (χ0) is 10.5. The number of alkyl halides is 2. The van der Waals surface area contributed by atoms with Crippen molar-refractivity contribution in [1.29, 1.82) is 0 Å². The molecule has 1 heterocycles. The molecular formula is C9H8F2N2O. The van der Waals surface area contributed by atoms with E-state index in [1.54, 1.807) is 0 Å². The minimum Gasteiger partial charge on any atom is -0.399 e. The van der Waals surface area contributed by atoms with Crippen molar-refractivity contribution >= 4 is 17.3 Å². The maximum atomic E-state index is 13.3. The number of rotatable bonds is 0. The quantitative estimate of drug-likeness (QED) is 0.639. The van der Waals surface area contributed by atoms with Gasteiger partial charge in [-0.05, 0) is 18.2 Å². The van der Waals surface area contributed by atoms with Crippen LogP contribution in [-0.4, -0.2) is 13.0 Å². The third-order valence-electron chi connectivity index (χ3n) is 2.29. The molecule has 0 spiro atoms. The Bertz CT molecular complexity index is 417. The number of nitrogens with zero attached hydrogens (tertiary/aromatic N) is 1. The Labute approximate surface area is 79.1 Å². The molecule has 0 saturated carbocycles. The second-order valence-corrected chi connectivity index (χ2v) is 3.22. The van der Waals surface area contributed by atoms with Gasteiger partial charge in [-0.2, -0.15) is 8.78 Å². The highest BCUT2D eigenvalue weighted by atomic mass is 19.3. The third-order valence-corrected chi connectivity index (χ3v) is 2.29. The summed E-state index contributed by atoms with van der Waals surface area (Å²) in [5.41, 5.74) is 5.51. The summed E-state index contributed by atoms with van der Waals surface area (Å²) < 4.78 is 26.6. The van der Waals surface area contributed by atoms with Gasteiger partial charge in [0.05, 0.1) is 11.3 Å². The standard InChI is InChI=1S/C9H8F2N2O/c1-13-7-3-2-5(12)4-6(7)9(10,11)8(13)14/h2-4H,12H2,1H3. The number of hydrogen-bond donors (Lipinski definition) is 1. The van der Waals surface area contributed by atoms with Crippen LogP contribution >= 0.6 is 0 Å². The fraction of sp³-hybridized carbons (Fsp3) is 0.222. The van der Waals surface area contributed by atoms with Crippen molar-refractivity contribution in [3.8, 4) is 0 Å². The Hall–Kier alpha value is -1.65. The summed E-state index contributed by atoms with van der Waals surface area (Å²) in [4.78, 5) is 12.1. The van der Waals surface area contributed by atoms with Crippen molar-refractivity contribution in [3.63, 3.8) is 0 Å². The van der Waals surface area contributed by atoms with E-state index >= 15 is 0 Å². The average molecular weight is 198 g/mol. The number of carbonyl (C=O) groups excluding carboxylic acids is 1. The Kier molecular flexibility index (Phi) is 1.55. The van der Waals surface area contributed by atoms with Gasteiger partial charge in [0.25, 0.3) is 0 Å². The SMILES string of the molecule is CN1C(=O)C(F)(F)c2cc(N)ccc21. The Morgan fingerprint density at radius 1 is 1.43 bits per heavy atom. The highest BCUT2D eigenvalue weighted by Crippen LogP contribution is 2.43. The Morgan fingerprint density at radius 2 is 2.07 bits per heavy atom. The largest absolute Gasteiger partial charge is 0.399 e. The normalized spacial score (nSPS) is 18.5. The van der Waals surface area contributed by atoms with E-state index in [-0.39, 0.29) is 16.9 Å². The lowest BCUT2D eigenvalue weighted by Crippen LogP contribution is -2.31. The number of benzene rings is 1. The van der Waals surface area contributed by atoms with Crippen LogP contribution in [0.1, 0.15) is 5.56 Å². The molecule has 0 unspecified atom stereocenters. The maximum absolute atomic E-state index is 13.3. The highest BCUT2D eigenvalue weighted by molar-refractivity contribution is 6.05. The van der Waals surface area contributed by atoms with Gasteiger partial charge in [-0.25, -0.2) is 0 Å². The second kappa shape index (κ2) is 2.43. The van der Waals surface area contributed by atoms with Crippen molar-refractivity contribution in [1.82, 2.24) is 0 Å². The number of hydrogen-bond acceptors (Lipinski definition) is 2. The van der Waals surface area contributed by atoms with Crippen LogP contribution in [-0.2, 0) is 10.7 Å². The molecule has 0 aromatic heterocycles. The van der Waals surface area contributed by atoms with Crippen LogP contribution in [0.15, 0.2) is 18.2 Å². The molecular weight excluding hydrogens is 190 g/mol. The Morgan fingerprint density at radius 3 is 2.71 bits per heavy atom. The summed E-state index contributed by atoms with van der Waals surface area (Å²) in [6.45, 7) is 0. The molecule has 1 aromatic rings. The van der Waals surface area contributed by atoms with Gasteiger partial charge in [-0.1, -0.05) is 0 Å². The van der Waals surface area contributed by atoms with E-state index in [1.165, 1.54) is 19.2 Å². The fourth-order valence-corrected chi connectivity index (χ4v) is 1.53. The summed E-state index contributed by atoms with van der Waals surface area (Å²) in [6.07, 6.45) is 0. The third kappa shape index (κ3) is 0.921. The number of carbonyl (C=O) groups is 1. The molecule has 0 fully saturated rings. The molecule has 1 amide bonds. The van der Waals surface area contributed by atoms with Gasteiger partial charge in [0.15, 0.2) is 0 Å². The molecule has 0 saturated heterocycles. The summed E-state index contributed by atoms with van der Waals surface area (Å²) in [6, 6.07) is 4.05. The van der Waals surface area contributed by atoms with Gasteiger partial charge in [-0.3, -0.25) is 4.79 Å². The number of anilines is 2. The van der Waals surface area contributed by atoms with Crippen LogP contribution in [0, 0.1) is 0 Å². The molecule has 3 nitrogen and oxygen atoms in total. The van der Waals surface area contributed by atoms with Crippen molar-refractivity contribution < 1.29 is 13.6 Å². The molecule has 74 valence electrons. The van der Waals surface area contributed by atoms with Crippen molar-refractivity contribution in [2.75, 3.05) is 17.7 Å². The van der Waals surface area contributed by atoms with Gasteiger partial charge in [0.1, 0.15) is 0 Å². The number of likely N-dealkylation sites (N-methyl/N-ethyl adjacent to an activating group) is 1. The molecule has 5 heteroatoms. The van der Waals surface area contributed by atoms with Gasteiger partial charge >= 0.3 is 11.8 Å². The molecule has 1 aliphatic heterocycles. The van der Waals surface area contributed by atoms with E-state index in [1.807, 2.05) is 0 Å². The summed E-state index contributed by atoms with van der Waals surface area (Å²) >= 11 is 0. The average Bonchev–Trinajstić information content (AvgIpc) is 2.29. The lowest BCUT2D eigenvalue weighted by atomic mass is 10.1. The molecule has 0 aliphatic carbocycles. The van der Waals surface area contributed by atoms with Gasteiger partial charge in [-0.15, -0.1) is 0 Å². The maximum Gasteiger partial charge on any atom is 0.352 e. The monoisotopic (exact) mass is 198 g/mol. The summed E-state index contributed by atoms with van der Waals surface area (Å²) in [5.74, 6) is -4.66. The van der Waals surface area contributed by atoms with Gasteiger partial charge in [0, 0.05) is 12.7 Å². The number of amides is 1. The zero-order valence-corrected chi connectivity index (χ0v) is 7.42. The van der Waals surface area contributed by atoms with E-state index in [4.69, 9.17) is 5.73 Å². The lowest BCUT2D eigenvalue weighted by Gasteiger charge is -2.08. The Balaban J connectivity index is 2.69. The number of nitrogens with two attached hydrogens (primary N) is 1. The molecule has 1 aliphatic rings. The predicted octanol–water partition coefficient (Wildman–Crippen LogP) is 1.34. The highest BCUT2D eigenvalue weighted by Gasteiger charge is 2.51. The smallest absolute Gasteiger partial charge is 0.352 e. The molecule has 1 aromatic carbocycles. The molecule has 0 radical (unpaired) electrons. The van der Waals surface area contributed by atoms with Crippen LogP contribution in [0.4, 0.5) is 20.2 Å². The minimum absolute atomic E-state index is 0.217. The first-order chi connectivity index (χ1) is 6.44. The van der Waals surface area contributed by atoms with Crippen molar-refractivity contribution in [2.45, 2.75) is 5.92 Å². The number of nitrogen functional groups attached to an aromatic ring is 1.